The van der Waals surface area contributed by atoms with Crippen molar-refractivity contribution in [2.24, 2.45) is 0 Å². The van der Waals surface area contributed by atoms with E-state index in [2.05, 4.69) is 4.98 Å². The van der Waals surface area contributed by atoms with Crippen LogP contribution in [0.3, 0.4) is 0 Å². The highest BCUT2D eigenvalue weighted by Crippen LogP contribution is 2.31. The Balaban J connectivity index is 1.87. The number of hydrogen-bond acceptors (Lipinski definition) is 4. The second-order valence-electron chi connectivity index (χ2n) is 6.18. The predicted octanol–water partition coefficient (Wildman–Crippen LogP) is 2.84. The van der Waals surface area contributed by atoms with Gasteiger partial charge in [-0.05, 0) is 37.3 Å². The molecule has 154 valence electrons. The van der Waals surface area contributed by atoms with Crippen molar-refractivity contribution >= 4 is 21.1 Å². The van der Waals surface area contributed by atoms with E-state index in [0.29, 0.717) is 23.2 Å². The molecule has 6 nitrogen and oxygen atoms in total. The van der Waals surface area contributed by atoms with Crippen LogP contribution < -0.4 is 10.3 Å². The third-order valence-electron chi connectivity index (χ3n) is 4.19. The molecule has 1 heterocycles. The van der Waals surface area contributed by atoms with Crippen molar-refractivity contribution in [3.63, 3.8) is 0 Å². The average Bonchev–Trinajstić information content (AvgIpc) is 2.64. The van der Waals surface area contributed by atoms with Crippen LogP contribution in [0.4, 0.5) is 17.6 Å². The Bertz CT molecular complexity index is 1240. The molecular weight excluding hydrogens is 414 g/mol. The van der Waals surface area contributed by atoms with Crippen LogP contribution in [0, 0.1) is 12.7 Å². The lowest BCUT2D eigenvalue weighted by molar-refractivity contribution is -0.137. The van der Waals surface area contributed by atoms with Gasteiger partial charge in [-0.15, -0.1) is 0 Å². The highest BCUT2D eigenvalue weighted by Gasteiger charge is 2.33. The largest absolute Gasteiger partial charge is 0.416 e. The fourth-order valence-electron chi connectivity index (χ4n) is 2.80. The summed E-state index contributed by atoms with van der Waals surface area (Å²) in [5, 5.41) is 0. The molecule has 0 saturated carbocycles. The number of halogens is 4. The highest BCUT2D eigenvalue weighted by atomic mass is 32.2. The summed E-state index contributed by atoms with van der Waals surface area (Å²) in [6.07, 6.45) is -4.82. The number of aryl methyl sites for hydroxylation is 1. The second-order valence-corrected chi connectivity index (χ2v) is 7.92. The maximum Gasteiger partial charge on any atom is 0.416 e. The van der Waals surface area contributed by atoms with E-state index in [1.807, 2.05) is 4.72 Å². The topological polar surface area (TPSA) is 81.1 Å². The Morgan fingerprint density at radius 1 is 1.14 bits per heavy atom. The van der Waals surface area contributed by atoms with Crippen LogP contribution in [0.15, 0.2) is 52.2 Å². The van der Waals surface area contributed by atoms with E-state index in [1.54, 1.807) is 24.3 Å². The molecule has 3 rings (SSSR count). The van der Waals surface area contributed by atoms with Crippen LogP contribution in [-0.4, -0.2) is 24.5 Å². The van der Waals surface area contributed by atoms with E-state index in [-0.39, 0.29) is 24.8 Å². The quantitative estimate of drug-likeness (QED) is 0.633. The summed E-state index contributed by atoms with van der Waals surface area (Å²) >= 11 is 0. The summed E-state index contributed by atoms with van der Waals surface area (Å²) < 4.78 is 80.3. The standard InChI is InChI=1S/C18H15F4N3O3S/c1-11-17(26)25(15-5-3-2-4-14(15)24-11)9-8-23-29(27,28)16-10-12(18(20,21)22)6-7-13(16)19/h2-7,10,23H,8-9H2,1H3. The Kier molecular flexibility index (Phi) is 5.46. The lowest BCUT2D eigenvalue weighted by Gasteiger charge is -2.13. The monoisotopic (exact) mass is 429 g/mol. The first-order valence-corrected chi connectivity index (χ1v) is 9.81. The lowest BCUT2D eigenvalue weighted by Crippen LogP contribution is -2.32. The predicted molar refractivity (Wildman–Crippen MR) is 97.3 cm³/mol. The number of aromatic nitrogens is 2. The zero-order chi connectivity index (χ0) is 21.4. The minimum atomic E-state index is -4.82. The molecule has 29 heavy (non-hydrogen) atoms. The molecule has 0 spiro atoms. The number of benzene rings is 2. The molecule has 0 fully saturated rings. The molecule has 0 atom stereocenters. The molecule has 0 aliphatic heterocycles. The number of para-hydroxylation sites is 2. The third kappa shape index (κ3) is 4.30. The molecule has 0 bridgehead atoms. The van der Waals surface area contributed by atoms with E-state index < -0.39 is 38.0 Å². The zero-order valence-corrected chi connectivity index (χ0v) is 15.8. The molecule has 1 aromatic heterocycles. The molecule has 11 heteroatoms. The molecular formula is C18H15F4N3O3S. The smallest absolute Gasteiger partial charge is 0.304 e. The fourth-order valence-corrected chi connectivity index (χ4v) is 3.92. The maximum absolute atomic E-state index is 13.9. The SMILES string of the molecule is Cc1nc2ccccc2n(CCNS(=O)(=O)c2cc(C(F)(F)F)ccc2F)c1=O. The van der Waals surface area contributed by atoms with Gasteiger partial charge in [-0.1, -0.05) is 12.1 Å². The number of fused-ring (bicyclic) bond motifs is 1. The van der Waals surface area contributed by atoms with Crippen LogP contribution in [0.5, 0.6) is 0 Å². The van der Waals surface area contributed by atoms with Gasteiger partial charge in [0.15, 0.2) is 0 Å². The van der Waals surface area contributed by atoms with Crippen molar-refractivity contribution in [2.75, 3.05) is 6.54 Å². The van der Waals surface area contributed by atoms with Crippen LogP contribution >= 0.6 is 0 Å². The number of rotatable bonds is 5. The van der Waals surface area contributed by atoms with E-state index in [1.165, 1.54) is 11.5 Å². The van der Waals surface area contributed by atoms with Gasteiger partial charge in [0.25, 0.3) is 5.56 Å². The average molecular weight is 429 g/mol. The molecule has 0 unspecified atom stereocenters. The summed E-state index contributed by atoms with van der Waals surface area (Å²) in [7, 11) is -4.58. The van der Waals surface area contributed by atoms with Crippen LogP contribution in [0.1, 0.15) is 11.3 Å². The summed E-state index contributed by atoms with van der Waals surface area (Å²) in [6, 6.07) is 7.85. The van der Waals surface area contributed by atoms with Crippen molar-refractivity contribution in [1.29, 1.82) is 0 Å². The summed E-state index contributed by atoms with van der Waals surface area (Å²) in [6.45, 7) is 1.04. The van der Waals surface area contributed by atoms with Gasteiger partial charge in [-0.25, -0.2) is 22.5 Å². The molecule has 2 aromatic carbocycles. The van der Waals surface area contributed by atoms with Crippen molar-refractivity contribution in [3.8, 4) is 0 Å². The highest BCUT2D eigenvalue weighted by molar-refractivity contribution is 7.89. The van der Waals surface area contributed by atoms with Gasteiger partial charge in [-0.2, -0.15) is 13.2 Å². The second kappa shape index (κ2) is 7.56. The Labute approximate surface area is 162 Å². The first-order valence-electron chi connectivity index (χ1n) is 8.33. The Hall–Kier alpha value is -2.79. The summed E-state index contributed by atoms with van der Waals surface area (Å²) in [5.74, 6) is -1.31. The molecule has 0 saturated heterocycles. The number of sulfonamides is 1. The minimum Gasteiger partial charge on any atom is -0.304 e. The van der Waals surface area contributed by atoms with Gasteiger partial charge in [0, 0.05) is 13.1 Å². The molecule has 0 aliphatic rings. The number of nitrogens with one attached hydrogen (secondary N) is 1. The third-order valence-corrected chi connectivity index (χ3v) is 5.67. The zero-order valence-electron chi connectivity index (χ0n) is 15.0. The molecule has 0 aliphatic carbocycles. The van der Waals surface area contributed by atoms with E-state index in [4.69, 9.17) is 0 Å². The van der Waals surface area contributed by atoms with Crippen LogP contribution in [0.25, 0.3) is 11.0 Å². The van der Waals surface area contributed by atoms with E-state index >= 15 is 0 Å². The van der Waals surface area contributed by atoms with Crippen LogP contribution in [0.2, 0.25) is 0 Å². The lowest BCUT2D eigenvalue weighted by atomic mass is 10.2. The van der Waals surface area contributed by atoms with E-state index in [0.717, 1.165) is 0 Å². The molecule has 0 radical (unpaired) electrons. The fraction of sp³-hybridized carbons (Fsp3) is 0.222. The van der Waals surface area contributed by atoms with Gasteiger partial charge in [0.1, 0.15) is 16.4 Å². The first-order chi connectivity index (χ1) is 13.5. The van der Waals surface area contributed by atoms with Gasteiger partial charge >= 0.3 is 6.18 Å². The number of hydrogen-bond donors (Lipinski definition) is 1. The van der Waals surface area contributed by atoms with Crippen molar-refractivity contribution < 1.29 is 26.0 Å². The number of alkyl halides is 3. The maximum atomic E-state index is 13.9. The van der Waals surface area contributed by atoms with E-state index in [9.17, 15) is 30.8 Å². The Morgan fingerprint density at radius 3 is 2.52 bits per heavy atom. The normalized spacial score (nSPS) is 12.4. The van der Waals surface area contributed by atoms with Gasteiger partial charge in [0.05, 0.1) is 16.6 Å². The van der Waals surface area contributed by atoms with Crippen molar-refractivity contribution in [1.82, 2.24) is 14.3 Å². The molecule has 0 amide bonds. The van der Waals surface area contributed by atoms with Gasteiger partial charge < -0.3 is 4.57 Å². The van der Waals surface area contributed by atoms with Gasteiger partial charge in [-0.3, -0.25) is 4.79 Å². The first kappa shape index (κ1) is 20.9. The van der Waals surface area contributed by atoms with Crippen molar-refractivity contribution in [3.05, 3.63) is 69.9 Å². The summed E-state index contributed by atoms with van der Waals surface area (Å²) in [5.41, 5.74) is -0.529. The van der Waals surface area contributed by atoms with Crippen molar-refractivity contribution in [2.45, 2.75) is 24.5 Å². The molecule has 1 N–H and O–H groups in total. The van der Waals surface area contributed by atoms with Crippen LogP contribution in [-0.2, 0) is 22.7 Å². The number of nitrogens with zero attached hydrogens (tertiary/aromatic N) is 2. The Morgan fingerprint density at radius 2 is 1.83 bits per heavy atom. The summed E-state index contributed by atoms with van der Waals surface area (Å²) in [4.78, 5) is 15.4. The minimum absolute atomic E-state index is 0.123. The van der Waals surface area contributed by atoms with Gasteiger partial charge in [0.2, 0.25) is 10.0 Å². The molecule has 3 aromatic rings.